The standard InChI is InChI=1S/C23H24N8O4/c1-3-13-33-18-11-9-16(10-12-18)20-19(26-30-31(20)22-21(24)28-35-29-22)23(32)27-25-15(2)14-34-17-7-5-4-6-8-17/h4-12H,3,13-14H2,1-2H3,(H2,24,28)(H,27,32)/b25-15-. The zero-order chi connectivity index (χ0) is 24.6. The Morgan fingerprint density at radius 2 is 1.83 bits per heavy atom. The van der Waals surface area contributed by atoms with Crippen molar-refractivity contribution in [1.82, 2.24) is 30.7 Å². The smallest absolute Gasteiger partial charge is 0.294 e. The van der Waals surface area contributed by atoms with E-state index >= 15 is 0 Å². The molecule has 1 amide bonds. The summed E-state index contributed by atoms with van der Waals surface area (Å²) >= 11 is 0. The summed E-state index contributed by atoms with van der Waals surface area (Å²) in [6.45, 7) is 4.55. The Balaban J connectivity index is 1.57. The maximum atomic E-state index is 13.0. The van der Waals surface area contributed by atoms with Crippen LogP contribution in [0.3, 0.4) is 0 Å². The van der Waals surface area contributed by atoms with Crippen LogP contribution in [0.4, 0.5) is 5.82 Å². The van der Waals surface area contributed by atoms with Crippen molar-refractivity contribution in [2.45, 2.75) is 20.3 Å². The van der Waals surface area contributed by atoms with Gasteiger partial charge in [0.25, 0.3) is 5.91 Å². The van der Waals surface area contributed by atoms with Crippen molar-refractivity contribution in [2.75, 3.05) is 18.9 Å². The van der Waals surface area contributed by atoms with Gasteiger partial charge < -0.3 is 15.2 Å². The van der Waals surface area contributed by atoms with Crippen LogP contribution in [-0.4, -0.2) is 50.1 Å². The van der Waals surface area contributed by atoms with Crippen LogP contribution in [0.15, 0.2) is 64.3 Å². The number of anilines is 1. The molecule has 0 unspecified atom stereocenters. The summed E-state index contributed by atoms with van der Waals surface area (Å²) in [5, 5.41) is 19.6. The average molecular weight is 476 g/mol. The van der Waals surface area contributed by atoms with E-state index in [1.807, 2.05) is 37.3 Å². The third kappa shape index (κ3) is 5.61. The SMILES string of the molecule is CCCOc1ccc(-c2c(C(=O)N/N=C(/C)COc3ccccc3)nnn2-c2nonc2N)cc1. The van der Waals surface area contributed by atoms with Gasteiger partial charge in [-0.3, -0.25) is 4.79 Å². The van der Waals surface area contributed by atoms with Crippen LogP contribution in [0.25, 0.3) is 17.1 Å². The fourth-order valence-corrected chi connectivity index (χ4v) is 3.04. The van der Waals surface area contributed by atoms with Crippen molar-refractivity contribution in [2.24, 2.45) is 5.10 Å². The fourth-order valence-electron chi connectivity index (χ4n) is 3.04. The summed E-state index contributed by atoms with van der Waals surface area (Å²) < 4.78 is 17.3. The second-order valence-corrected chi connectivity index (χ2v) is 7.43. The Hall–Kier alpha value is -4.74. The molecule has 180 valence electrons. The maximum Gasteiger partial charge on any atom is 0.294 e. The molecule has 0 saturated carbocycles. The minimum Gasteiger partial charge on any atom is -0.494 e. The van der Waals surface area contributed by atoms with E-state index in [4.69, 9.17) is 19.8 Å². The van der Waals surface area contributed by atoms with Crippen molar-refractivity contribution < 1.29 is 18.9 Å². The molecule has 4 rings (SSSR count). The number of nitrogens with zero attached hydrogens (tertiary/aromatic N) is 6. The molecule has 0 aliphatic rings. The molecule has 0 bridgehead atoms. The van der Waals surface area contributed by atoms with Gasteiger partial charge in [-0.15, -0.1) is 5.10 Å². The van der Waals surface area contributed by atoms with E-state index in [1.54, 1.807) is 31.2 Å². The number of hydrogen-bond donors (Lipinski definition) is 2. The maximum absolute atomic E-state index is 13.0. The van der Waals surface area contributed by atoms with Crippen LogP contribution in [0.2, 0.25) is 0 Å². The summed E-state index contributed by atoms with van der Waals surface area (Å²) in [6.07, 6.45) is 0.886. The van der Waals surface area contributed by atoms with Crippen molar-refractivity contribution in [1.29, 1.82) is 0 Å². The van der Waals surface area contributed by atoms with E-state index in [1.165, 1.54) is 4.68 Å². The molecule has 0 aliphatic heterocycles. The van der Waals surface area contributed by atoms with Gasteiger partial charge in [0.2, 0.25) is 11.6 Å². The lowest BCUT2D eigenvalue weighted by Gasteiger charge is -2.08. The summed E-state index contributed by atoms with van der Waals surface area (Å²) in [7, 11) is 0. The average Bonchev–Trinajstić information content (AvgIpc) is 3.51. The lowest BCUT2D eigenvalue weighted by molar-refractivity contribution is 0.0950. The highest BCUT2D eigenvalue weighted by molar-refractivity contribution is 5.99. The molecule has 0 aliphatic carbocycles. The number of nitrogens with two attached hydrogens (primary N) is 1. The number of para-hydroxylation sites is 1. The highest BCUT2D eigenvalue weighted by Gasteiger charge is 2.25. The number of carbonyl (C=O) groups is 1. The summed E-state index contributed by atoms with van der Waals surface area (Å²) in [6, 6.07) is 16.4. The number of amides is 1. The molecule has 0 fully saturated rings. The Labute approximate surface area is 200 Å². The van der Waals surface area contributed by atoms with Crippen molar-refractivity contribution >= 4 is 17.4 Å². The minimum absolute atomic E-state index is 0.00191. The molecule has 0 atom stereocenters. The largest absolute Gasteiger partial charge is 0.494 e. The lowest BCUT2D eigenvalue weighted by atomic mass is 10.1. The molecule has 2 aromatic carbocycles. The Kier molecular flexibility index (Phi) is 7.31. The van der Waals surface area contributed by atoms with Crippen molar-refractivity contribution in [3.63, 3.8) is 0 Å². The van der Waals surface area contributed by atoms with E-state index < -0.39 is 5.91 Å². The van der Waals surface area contributed by atoms with Gasteiger partial charge >= 0.3 is 0 Å². The molecule has 2 heterocycles. The van der Waals surface area contributed by atoms with Crippen LogP contribution < -0.4 is 20.6 Å². The molecule has 12 nitrogen and oxygen atoms in total. The minimum atomic E-state index is -0.577. The number of nitrogen functional groups attached to an aromatic ring is 1. The zero-order valence-corrected chi connectivity index (χ0v) is 19.2. The molecule has 0 radical (unpaired) electrons. The number of nitrogens with one attached hydrogen (secondary N) is 1. The first-order valence-corrected chi connectivity index (χ1v) is 10.9. The predicted octanol–water partition coefficient (Wildman–Crippen LogP) is 2.87. The first-order valence-electron chi connectivity index (χ1n) is 10.9. The molecule has 0 spiro atoms. The van der Waals surface area contributed by atoms with E-state index in [2.05, 4.69) is 31.2 Å². The Bertz CT molecular complexity index is 1300. The summed E-state index contributed by atoms with van der Waals surface area (Å²) in [4.78, 5) is 13.0. The molecule has 3 N–H and O–H groups in total. The van der Waals surface area contributed by atoms with Crippen LogP contribution >= 0.6 is 0 Å². The summed E-state index contributed by atoms with van der Waals surface area (Å²) in [5.74, 6) is 0.920. The Morgan fingerprint density at radius 1 is 1.09 bits per heavy atom. The normalized spacial score (nSPS) is 11.3. The highest BCUT2D eigenvalue weighted by Crippen LogP contribution is 2.28. The quantitative estimate of drug-likeness (QED) is 0.259. The third-order valence-corrected chi connectivity index (χ3v) is 4.72. The monoisotopic (exact) mass is 476 g/mol. The first kappa shape index (κ1) is 23.4. The van der Waals surface area contributed by atoms with Gasteiger partial charge in [0, 0.05) is 5.56 Å². The number of hydrazone groups is 1. The van der Waals surface area contributed by atoms with Crippen LogP contribution in [-0.2, 0) is 0 Å². The number of benzene rings is 2. The van der Waals surface area contributed by atoms with E-state index in [9.17, 15) is 4.79 Å². The molecular formula is C23H24N8O4. The number of aromatic nitrogens is 5. The van der Waals surface area contributed by atoms with Crippen LogP contribution in [0, 0.1) is 0 Å². The topological polar surface area (TPSA) is 156 Å². The third-order valence-electron chi connectivity index (χ3n) is 4.72. The van der Waals surface area contributed by atoms with Crippen LogP contribution in [0.5, 0.6) is 11.5 Å². The fraction of sp³-hybridized carbons (Fsp3) is 0.217. The molecule has 4 aromatic rings. The van der Waals surface area contributed by atoms with Crippen molar-refractivity contribution in [3.05, 3.63) is 60.3 Å². The number of hydrogen-bond acceptors (Lipinski definition) is 10. The van der Waals surface area contributed by atoms with E-state index in [0.717, 1.165) is 6.42 Å². The second-order valence-electron chi connectivity index (χ2n) is 7.43. The van der Waals surface area contributed by atoms with Gasteiger partial charge in [-0.1, -0.05) is 30.3 Å². The van der Waals surface area contributed by atoms with Gasteiger partial charge in [0.15, 0.2) is 5.69 Å². The molecule has 0 saturated heterocycles. The second kappa shape index (κ2) is 10.9. The van der Waals surface area contributed by atoms with Gasteiger partial charge in [-0.05, 0) is 60.1 Å². The molecule has 35 heavy (non-hydrogen) atoms. The number of ether oxygens (including phenoxy) is 2. The van der Waals surface area contributed by atoms with E-state index in [0.29, 0.717) is 35.1 Å². The van der Waals surface area contributed by atoms with Crippen molar-refractivity contribution in [3.8, 4) is 28.6 Å². The zero-order valence-electron chi connectivity index (χ0n) is 19.2. The lowest BCUT2D eigenvalue weighted by Crippen LogP contribution is -2.22. The molecule has 12 heteroatoms. The van der Waals surface area contributed by atoms with E-state index in [-0.39, 0.29) is 23.9 Å². The highest BCUT2D eigenvalue weighted by atomic mass is 16.6. The summed E-state index contributed by atoms with van der Waals surface area (Å²) in [5.41, 5.74) is 9.87. The first-order chi connectivity index (χ1) is 17.1. The van der Waals surface area contributed by atoms with Gasteiger partial charge in [0.1, 0.15) is 23.8 Å². The van der Waals surface area contributed by atoms with Gasteiger partial charge in [-0.25, -0.2) is 10.1 Å². The predicted molar refractivity (Wildman–Crippen MR) is 127 cm³/mol. The van der Waals surface area contributed by atoms with Gasteiger partial charge in [-0.2, -0.15) is 9.78 Å². The molecular weight excluding hydrogens is 452 g/mol. The van der Waals surface area contributed by atoms with Crippen LogP contribution in [0.1, 0.15) is 30.8 Å². The Morgan fingerprint density at radius 3 is 2.51 bits per heavy atom. The van der Waals surface area contributed by atoms with Gasteiger partial charge in [0.05, 0.1) is 12.3 Å². The molecule has 2 aromatic heterocycles. The number of carbonyl (C=O) groups excluding carboxylic acids is 1. The number of rotatable bonds is 10.